The highest BCUT2D eigenvalue weighted by Gasteiger charge is 2.20. The van der Waals surface area contributed by atoms with Crippen molar-refractivity contribution in [2.24, 2.45) is 0 Å². The Morgan fingerprint density at radius 1 is 1.09 bits per heavy atom. The second-order valence-corrected chi connectivity index (χ2v) is 6.56. The standard InChI is InChI=1S/C18H15NO2S/c20-18-16-13-8-4-5-9-14(13)22-17(16)19-15(21-18)11-10-12-6-2-1-3-7-12/h1-3,6-7,10-11H,4-5,8-9H2/b11-10-. The lowest BCUT2D eigenvalue weighted by Crippen LogP contribution is -2.06. The summed E-state index contributed by atoms with van der Waals surface area (Å²) in [5, 5.41) is 0.705. The first-order chi connectivity index (χ1) is 10.8. The molecule has 4 heteroatoms. The van der Waals surface area contributed by atoms with E-state index in [4.69, 9.17) is 4.42 Å². The van der Waals surface area contributed by atoms with Crippen molar-refractivity contribution in [3.05, 3.63) is 62.6 Å². The van der Waals surface area contributed by atoms with Crippen LogP contribution in [0.25, 0.3) is 22.4 Å². The van der Waals surface area contributed by atoms with Gasteiger partial charge in [-0.3, -0.25) is 0 Å². The molecular weight excluding hydrogens is 294 g/mol. The summed E-state index contributed by atoms with van der Waals surface area (Å²) in [7, 11) is 0. The zero-order valence-corrected chi connectivity index (χ0v) is 12.9. The van der Waals surface area contributed by atoms with Crippen molar-refractivity contribution in [3.63, 3.8) is 0 Å². The van der Waals surface area contributed by atoms with Crippen LogP contribution >= 0.6 is 11.3 Å². The molecule has 110 valence electrons. The van der Waals surface area contributed by atoms with Gasteiger partial charge in [-0.2, -0.15) is 0 Å². The van der Waals surface area contributed by atoms with Gasteiger partial charge >= 0.3 is 5.63 Å². The fourth-order valence-corrected chi connectivity index (χ4v) is 4.16. The van der Waals surface area contributed by atoms with E-state index in [2.05, 4.69) is 4.98 Å². The second kappa shape index (κ2) is 5.54. The molecule has 0 amide bonds. The SMILES string of the molecule is O=c1oc(/C=C\c2ccccc2)nc2sc3c(c12)CCCC3. The van der Waals surface area contributed by atoms with Gasteiger partial charge in [0.05, 0.1) is 0 Å². The molecule has 0 bridgehead atoms. The zero-order valence-electron chi connectivity index (χ0n) is 12.0. The molecule has 1 aliphatic rings. The monoisotopic (exact) mass is 309 g/mol. The van der Waals surface area contributed by atoms with E-state index in [9.17, 15) is 4.79 Å². The van der Waals surface area contributed by atoms with Crippen LogP contribution in [0.5, 0.6) is 0 Å². The summed E-state index contributed by atoms with van der Waals surface area (Å²) < 4.78 is 5.39. The van der Waals surface area contributed by atoms with Crippen LogP contribution < -0.4 is 5.63 Å². The number of hydrogen-bond donors (Lipinski definition) is 0. The summed E-state index contributed by atoms with van der Waals surface area (Å²) in [4.78, 5) is 19.0. The topological polar surface area (TPSA) is 43.1 Å². The van der Waals surface area contributed by atoms with Crippen molar-refractivity contribution < 1.29 is 4.42 Å². The maximum atomic E-state index is 12.3. The maximum absolute atomic E-state index is 12.3. The molecule has 0 unspecified atom stereocenters. The Morgan fingerprint density at radius 2 is 1.91 bits per heavy atom. The highest BCUT2D eigenvalue weighted by Crippen LogP contribution is 2.33. The lowest BCUT2D eigenvalue weighted by atomic mass is 9.97. The highest BCUT2D eigenvalue weighted by atomic mass is 32.1. The van der Waals surface area contributed by atoms with Gasteiger partial charge in [0.1, 0.15) is 10.2 Å². The van der Waals surface area contributed by atoms with Gasteiger partial charge in [0.25, 0.3) is 0 Å². The van der Waals surface area contributed by atoms with E-state index in [0.717, 1.165) is 29.7 Å². The van der Waals surface area contributed by atoms with Crippen LogP contribution in [0, 0.1) is 0 Å². The van der Waals surface area contributed by atoms with Crippen molar-refractivity contribution in [2.75, 3.05) is 0 Å². The lowest BCUT2D eigenvalue weighted by Gasteiger charge is -2.09. The Labute approximate surface area is 131 Å². The van der Waals surface area contributed by atoms with E-state index < -0.39 is 0 Å². The van der Waals surface area contributed by atoms with Gasteiger partial charge in [0.2, 0.25) is 5.89 Å². The second-order valence-electron chi connectivity index (χ2n) is 5.47. The van der Waals surface area contributed by atoms with Gasteiger partial charge in [0, 0.05) is 11.0 Å². The van der Waals surface area contributed by atoms with E-state index >= 15 is 0 Å². The third kappa shape index (κ3) is 2.40. The Balaban J connectivity index is 1.77. The number of benzene rings is 1. The highest BCUT2D eigenvalue weighted by molar-refractivity contribution is 7.18. The normalized spacial score (nSPS) is 14.5. The first kappa shape index (κ1) is 13.5. The molecule has 0 saturated carbocycles. The van der Waals surface area contributed by atoms with Crippen molar-refractivity contribution in [2.45, 2.75) is 25.7 Å². The van der Waals surface area contributed by atoms with Crippen LogP contribution in [-0.4, -0.2) is 4.98 Å². The first-order valence-corrected chi connectivity index (χ1v) is 8.31. The average Bonchev–Trinajstić information content (AvgIpc) is 2.92. The third-order valence-electron chi connectivity index (χ3n) is 3.98. The summed E-state index contributed by atoms with van der Waals surface area (Å²) in [5.74, 6) is 0.375. The quantitative estimate of drug-likeness (QED) is 0.709. The molecule has 0 fully saturated rings. The van der Waals surface area contributed by atoms with E-state index in [-0.39, 0.29) is 5.63 Å². The van der Waals surface area contributed by atoms with Gasteiger partial charge in [-0.05, 0) is 42.9 Å². The predicted octanol–water partition coefficient (Wildman–Crippen LogP) is 4.30. The molecular formula is C18H15NO2S. The molecule has 0 radical (unpaired) electrons. The van der Waals surface area contributed by atoms with Crippen LogP contribution in [0.4, 0.5) is 0 Å². The Morgan fingerprint density at radius 3 is 2.77 bits per heavy atom. The zero-order chi connectivity index (χ0) is 14.9. The largest absolute Gasteiger partial charge is 0.404 e. The molecule has 3 nitrogen and oxygen atoms in total. The summed E-state index contributed by atoms with van der Waals surface area (Å²) in [6.45, 7) is 0. The minimum Gasteiger partial charge on any atom is -0.404 e. The summed E-state index contributed by atoms with van der Waals surface area (Å²) in [5.41, 5.74) is 1.97. The molecule has 2 heterocycles. The molecule has 3 aromatic rings. The Hall–Kier alpha value is -2.20. The van der Waals surface area contributed by atoms with Crippen LogP contribution in [-0.2, 0) is 12.8 Å². The summed E-state index contributed by atoms with van der Waals surface area (Å²) >= 11 is 1.64. The molecule has 0 aliphatic heterocycles. The first-order valence-electron chi connectivity index (χ1n) is 7.50. The lowest BCUT2D eigenvalue weighted by molar-refractivity contribution is 0.490. The van der Waals surface area contributed by atoms with E-state index in [1.165, 1.54) is 16.9 Å². The van der Waals surface area contributed by atoms with Crippen LogP contribution in [0.1, 0.15) is 34.7 Å². The molecule has 22 heavy (non-hydrogen) atoms. The molecule has 0 N–H and O–H groups in total. The van der Waals surface area contributed by atoms with Crippen molar-refractivity contribution >= 4 is 33.7 Å². The maximum Gasteiger partial charge on any atom is 0.348 e. The third-order valence-corrected chi connectivity index (χ3v) is 5.17. The predicted molar refractivity (Wildman–Crippen MR) is 90.2 cm³/mol. The molecule has 4 rings (SSSR count). The average molecular weight is 309 g/mol. The Kier molecular flexibility index (Phi) is 3.39. The molecule has 0 saturated heterocycles. The van der Waals surface area contributed by atoms with Crippen LogP contribution in [0.3, 0.4) is 0 Å². The smallest absolute Gasteiger partial charge is 0.348 e. The molecule has 2 aromatic heterocycles. The number of nitrogens with zero attached hydrogens (tertiary/aromatic N) is 1. The number of thiophene rings is 1. The fraction of sp³-hybridized carbons (Fsp3) is 0.222. The minimum atomic E-state index is -0.253. The number of aromatic nitrogens is 1. The van der Waals surface area contributed by atoms with E-state index in [0.29, 0.717) is 11.3 Å². The molecule has 0 atom stereocenters. The van der Waals surface area contributed by atoms with Gasteiger partial charge in [0.15, 0.2) is 0 Å². The number of hydrogen-bond acceptors (Lipinski definition) is 4. The summed E-state index contributed by atoms with van der Waals surface area (Å²) in [6.07, 6.45) is 8.05. The number of rotatable bonds is 2. The molecule has 0 spiro atoms. The van der Waals surface area contributed by atoms with Crippen LogP contribution in [0.15, 0.2) is 39.5 Å². The van der Waals surface area contributed by atoms with Gasteiger partial charge < -0.3 is 4.42 Å². The van der Waals surface area contributed by atoms with E-state index in [1.54, 1.807) is 17.4 Å². The summed E-state index contributed by atoms with van der Waals surface area (Å²) in [6, 6.07) is 9.91. The number of aryl methyl sites for hydroxylation is 2. The van der Waals surface area contributed by atoms with Gasteiger partial charge in [-0.15, -0.1) is 11.3 Å². The van der Waals surface area contributed by atoms with Crippen molar-refractivity contribution in [3.8, 4) is 0 Å². The van der Waals surface area contributed by atoms with Gasteiger partial charge in [-0.25, -0.2) is 9.78 Å². The van der Waals surface area contributed by atoms with Crippen LogP contribution in [0.2, 0.25) is 0 Å². The van der Waals surface area contributed by atoms with E-state index in [1.807, 2.05) is 36.4 Å². The fourth-order valence-electron chi connectivity index (χ4n) is 2.91. The van der Waals surface area contributed by atoms with Gasteiger partial charge in [-0.1, -0.05) is 30.3 Å². The van der Waals surface area contributed by atoms with Crippen molar-refractivity contribution in [1.29, 1.82) is 0 Å². The minimum absolute atomic E-state index is 0.253. The van der Waals surface area contributed by atoms with Crippen molar-refractivity contribution in [1.82, 2.24) is 4.98 Å². The number of fused-ring (bicyclic) bond motifs is 3. The molecule has 1 aromatic carbocycles. The molecule has 1 aliphatic carbocycles. The Bertz CT molecular complexity index is 906.